The maximum absolute atomic E-state index is 13.2. The van der Waals surface area contributed by atoms with Crippen LogP contribution in [-0.4, -0.2) is 0 Å². The molecule has 1 N–H and O–H groups in total. The molecule has 1 atom stereocenters. The Morgan fingerprint density at radius 3 is 2.53 bits per heavy atom. The monoisotopic (exact) mass is 257 g/mol. The van der Waals surface area contributed by atoms with Crippen molar-refractivity contribution in [3.63, 3.8) is 0 Å². The van der Waals surface area contributed by atoms with Crippen LogP contribution in [0.5, 0.6) is 0 Å². The predicted molar refractivity (Wildman–Crippen MR) is 77.6 cm³/mol. The van der Waals surface area contributed by atoms with Gasteiger partial charge in [0.15, 0.2) is 0 Å². The fourth-order valence-corrected chi connectivity index (χ4v) is 2.28. The molecule has 19 heavy (non-hydrogen) atoms. The first-order valence-electron chi connectivity index (χ1n) is 6.62. The molecule has 0 fully saturated rings. The fraction of sp³-hybridized carbons (Fsp3) is 0.294. The van der Waals surface area contributed by atoms with Gasteiger partial charge in [-0.2, -0.15) is 0 Å². The second-order valence-electron chi connectivity index (χ2n) is 5.03. The highest BCUT2D eigenvalue weighted by atomic mass is 19.1. The molecule has 0 aliphatic carbocycles. The Hall–Kier alpha value is -1.67. The van der Waals surface area contributed by atoms with Gasteiger partial charge in [-0.3, -0.25) is 0 Å². The summed E-state index contributed by atoms with van der Waals surface area (Å²) in [5, 5.41) is 3.46. The van der Waals surface area contributed by atoms with Gasteiger partial charge in [-0.25, -0.2) is 4.39 Å². The largest absolute Gasteiger partial charge is 0.306 e. The lowest BCUT2D eigenvalue weighted by Crippen LogP contribution is -2.19. The summed E-state index contributed by atoms with van der Waals surface area (Å²) in [5.41, 5.74) is 4.70. The number of rotatable bonds is 4. The van der Waals surface area contributed by atoms with E-state index in [1.165, 1.54) is 17.2 Å². The molecule has 0 saturated carbocycles. The Balaban J connectivity index is 2.06. The van der Waals surface area contributed by atoms with Gasteiger partial charge in [0.1, 0.15) is 5.82 Å². The van der Waals surface area contributed by atoms with Gasteiger partial charge in [-0.15, -0.1) is 0 Å². The molecule has 0 aliphatic heterocycles. The third kappa shape index (κ3) is 3.42. The van der Waals surface area contributed by atoms with Crippen molar-refractivity contribution in [3.05, 3.63) is 70.5 Å². The lowest BCUT2D eigenvalue weighted by atomic mass is 10.0. The summed E-state index contributed by atoms with van der Waals surface area (Å²) in [6.07, 6.45) is 0. The van der Waals surface area contributed by atoms with Crippen LogP contribution < -0.4 is 5.32 Å². The van der Waals surface area contributed by atoms with Crippen LogP contribution >= 0.6 is 0 Å². The Bertz CT molecular complexity index is 563. The number of nitrogens with one attached hydrogen (secondary N) is 1. The summed E-state index contributed by atoms with van der Waals surface area (Å²) in [5.74, 6) is -0.175. The van der Waals surface area contributed by atoms with Crippen LogP contribution in [-0.2, 0) is 6.54 Å². The third-order valence-corrected chi connectivity index (χ3v) is 3.56. The first-order valence-corrected chi connectivity index (χ1v) is 6.62. The molecular weight excluding hydrogens is 237 g/mol. The molecule has 2 aromatic rings. The summed E-state index contributed by atoms with van der Waals surface area (Å²) in [6, 6.07) is 13.5. The highest BCUT2D eigenvalue weighted by molar-refractivity contribution is 5.29. The minimum absolute atomic E-state index is 0.175. The molecular formula is C17H20FN. The SMILES string of the molecule is Cc1ccc(F)cc1CN[C@@H](C)c1ccccc1C. The maximum atomic E-state index is 13.2. The average molecular weight is 257 g/mol. The van der Waals surface area contributed by atoms with Crippen molar-refractivity contribution in [2.24, 2.45) is 0 Å². The summed E-state index contributed by atoms with van der Waals surface area (Å²) >= 11 is 0. The first kappa shape index (κ1) is 13.8. The van der Waals surface area contributed by atoms with E-state index in [-0.39, 0.29) is 11.9 Å². The van der Waals surface area contributed by atoms with E-state index in [0.717, 1.165) is 11.1 Å². The molecule has 0 aromatic heterocycles. The van der Waals surface area contributed by atoms with E-state index in [0.29, 0.717) is 6.54 Å². The van der Waals surface area contributed by atoms with E-state index < -0.39 is 0 Å². The molecule has 1 nitrogen and oxygen atoms in total. The van der Waals surface area contributed by atoms with Crippen LogP contribution in [0.3, 0.4) is 0 Å². The molecule has 0 unspecified atom stereocenters. The van der Waals surface area contributed by atoms with E-state index >= 15 is 0 Å². The summed E-state index contributed by atoms with van der Waals surface area (Å²) < 4.78 is 13.2. The molecule has 100 valence electrons. The third-order valence-electron chi connectivity index (χ3n) is 3.56. The molecule has 2 heteroatoms. The van der Waals surface area contributed by atoms with Crippen molar-refractivity contribution in [1.29, 1.82) is 0 Å². The molecule has 0 bridgehead atoms. The van der Waals surface area contributed by atoms with E-state index in [4.69, 9.17) is 0 Å². The smallest absolute Gasteiger partial charge is 0.123 e. The van der Waals surface area contributed by atoms with Gasteiger partial charge in [0.2, 0.25) is 0 Å². The predicted octanol–water partition coefficient (Wildman–Crippen LogP) is 4.29. The maximum Gasteiger partial charge on any atom is 0.123 e. The molecule has 0 saturated heterocycles. The first-order chi connectivity index (χ1) is 9.08. The molecule has 0 amide bonds. The highest BCUT2D eigenvalue weighted by Gasteiger charge is 2.08. The molecule has 2 aromatic carbocycles. The summed E-state index contributed by atoms with van der Waals surface area (Å²) in [4.78, 5) is 0. The zero-order valence-corrected chi connectivity index (χ0v) is 11.7. The van der Waals surface area contributed by atoms with Crippen LogP contribution in [0.4, 0.5) is 4.39 Å². The topological polar surface area (TPSA) is 12.0 Å². The number of hydrogen-bond acceptors (Lipinski definition) is 1. The Morgan fingerprint density at radius 1 is 1.05 bits per heavy atom. The molecule has 0 radical (unpaired) electrons. The van der Waals surface area contributed by atoms with Gasteiger partial charge in [0.25, 0.3) is 0 Å². The molecule has 0 spiro atoms. The summed E-state index contributed by atoms with van der Waals surface area (Å²) in [6.45, 7) is 6.94. The van der Waals surface area contributed by atoms with Gasteiger partial charge in [-0.1, -0.05) is 30.3 Å². The average Bonchev–Trinajstić information content (AvgIpc) is 2.40. The van der Waals surface area contributed by atoms with Crippen molar-refractivity contribution < 1.29 is 4.39 Å². The van der Waals surface area contributed by atoms with Crippen LogP contribution in [0, 0.1) is 19.7 Å². The summed E-state index contributed by atoms with van der Waals surface area (Å²) in [7, 11) is 0. The Kier molecular flexibility index (Phi) is 4.33. The van der Waals surface area contributed by atoms with E-state index in [9.17, 15) is 4.39 Å². The fourth-order valence-electron chi connectivity index (χ4n) is 2.28. The number of hydrogen-bond donors (Lipinski definition) is 1. The van der Waals surface area contributed by atoms with Crippen LogP contribution in [0.25, 0.3) is 0 Å². The normalized spacial score (nSPS) is 12.4. The van der Waals surface area contributed by atoms with Gasteiger partial charge >= 0.3 is 0 Å². The van der Waals surface area contributed by atoms with E-state index in [2.05, 4.69) is 31.3 Å². The molecule has 2 rings (SSSR count). The van der Waals surface area contributed by atoms with Crippen molar-refractivity contribution in [3.8, 4) is 0 Å². The van der Waals surface area contributed by atoms with Crippen molar-refractivity contribution >= 4 is 0 Å². The lowest BCUT2D eigenvalue weighted by molar-refractivity contribution is 0.565. The van der Waals surface area contributed by atoms with E-state index in [1.807, 2.05) is 25.1 Å². The minimum atomic E-state index is -0.175. The van der Waals surface area contributed by atoms with Gasteiger partial charge < -0.3 is 5.32 Å². The van der Waals surface area contributed by atoms with E-state index in [1.54, 1.807) is 6.07 Å². The van der Waals surface area contributed by atoms with Gasteiger partial charge in [0.05, 0.1) is 0 Å². The number of benzene rings is 2. The van der Waals surface area contributed by atoms with Crippen molar-refractivity contribution in [2.75, 3.05) is 0 Å². The van der Waals surface area contributed by atoms with Crippen LogP contribution in [0.2, 0.25) is 0 Å². The molecule has 0 heterocycles. The zero-order valence-electron chi connectivity index (χ0n) is 11.7. The second-order valence-corrected chi connectivity index (χ2v) is 5.03. The van der Waals surface area contributed by atoms with Crippen LogP contribution in [0.1, 0.15) is 35.2 Å². The lowest BCUT2D eigenvalue weighted by Gasteiger charge is -2.17. The Morgan fingerprint density at radius 2 is 1.79 bits per heavy atom. The van der Waals surface area contributed by atoms with Gasteiger partial charge in [-0.05, 0) is 55.2 Å². The zero-order chi connectivity index (χ0) is 13.8. The highest BCUT2D eigenvalue weighted by Crippen LogP contribution is 2.18. The quantitative estimate of drug-likeness (QED) is 0.861. The number of halogens is 1. The van der Waals surface area contributed by atoms with Crippen molar-refractivity contribution in [2.45, 2.75) is 33.4 Å². The van der Waals surface area contributed by atoms with Crippen LogP contribution in [0.15, 0.2) is 42.5 Å². The minimum Gasteiger partial charge on any atom is -0.306 e. The van der Waals surface area contributed by atoms with Crippen molar-refractivity contribution in [1.82, 2.24) is 5.32 Å². The molecule has 0 aliphatic rings. The number of aryl methyl sites for hydroxylation is 2. The standard InChI is InChI=1S/C17H20FN/c1-12-8-9-16(18)10-15(12)11-19-14(3)17-7-5-4-6-13(17)2/h4-10,14,19H,11H2,1-3H3/t14-/m0/s1. The van der Waals surface area contributed by atoms with Gasteiger partial charge in [0, 0.05) is 12.6 Å². The second kappa shape index (κ2) is 5.98. The Labute approximate surface area is 114 Å².